The molecule has 2 rings (SSSR count). The molecule has 2 heteroatoms. The van der Waals surface area contributed by atoms with Gasteiger partial charge in [-0.15, -0.1) is 11.6 Å². The van der Waals surface area contributed by atoms with E-state index in [1.807, 2.05) is 0 Å². The first-order chi connectivity index (χ1) is 15.4. The average Bonchev–Trinajstić information content (AvgIpc) is 2.75. The van der Waals surface area contributed by atoms with Crippen LogP contribution in [0.15, 0.2) is 48.5 Å². The van der Waals surface area contributed by atoms with Gasteiger partial charge in [0.1, 0.15) is 0 Å². The third-order valence-corrected chi connectivity index (χ3v) is 9.76. The van der Waals surface area contributed by atoms with Crippen molar-refractivity contribution in [3.05, 3.63) is 70.8 Å². The van der Waals surface area contributed by atoms with Crippen LogP contribution in [-0.2, 0) is 17.9 Å². The summed E-state index contributed by atoms with van der Waals surface area (Å²) in [6, 6.07) is 17.6. The first kappa shape index (κ1) is 28.9. The highest BCUT2D eigenvalue weighted by atomic mass is 35.5. The third-order valence-electron chi connectivity index (χ3n) is 9.45. The Morgan fingerprint density at radius 1 is 0.706 bits per heavy atom. The maximum Gasteiger partial charge on any atom is 0.0681 e. The van der Waals surface area contributed by atoms with Crippen LogP contribution in [0, 0.1) is 21.7 Å². The lowest BCUT2D eigenvalue weighted by Gasteiger charge is -2.61. The molecule has 2 atom stereocenters. The Kier molecular flexibility index (Phi) is 8.49. The molecule has 34 heavy (non-hydrogen) atoms. The van der Waals surface area contributed by atoms with Crippen molar-refractivity contribution in [3.8, 4) is 0 Å². The molecule has 0 saturated carbocycles. The Balaban J connectivity index is 2.59. The zero-order chi connectivity index (χ0) is 26.2. The summed E-state index contributed by atoms with van der Waals surface area (Å²) in [5.74, 6) is 0.946. The molecule has 1 N–H and O–H groups in total. The van der Waals surface area contributed by atoms with Crippen molar-refractivity contribution in [2.45, 2.75) is 106 Å². The number of halogens is 1. The van der Waals surface area contributed by atoms with Gasteiger partial charge in [0.15, 0.2) is 0 Å². The van der Waals surface area contributed by atoms with Gasteiger partial charge in [-0.25, -0.2) is 0 Å². The van der Waals surface area contributed by atoms with E-state index in [-0.39, 0.29) is 33.7 Å². The van der Waals surface area contributed by atoms with Gasteiger partial charge in [-0.2, -0.15) is 0 Å². The summed E-state index contributed by atoms with van der Waals surface area (Å²) >= 11 is 6.11. The maximum atomic E-state index is 9.52. The van der Waals surface area contributed by atoms with Crippen LogP contribution >= 0.6 is 11.6 Å². The van der Waals surface area contributed by atoms with E-state index in [1.54, 1.807) is 0 Å². The summed E-state index contributed by atoms with van der Waals surface area (Å²) in [5.41, 5.74) is 4.99. The molecular weight excluding hydrogens is 436 g/mol. The SMILES string of the molecule is CC(C)(C)C(CC(C)(C)C(C)(C)C(C)(c1ccc(CCl)cc1)C(C)(C)C)c1ccc(CO)cc1. The monoisotopic (exact) mass is 484 g/mol. The number of rotatable bonds is 8. The van der Waals surface area contributed by atoms with E-state index >= 15 is 0 Å². The predicted octanol–water partition coefficient (Wildman–Crippen LogP) is 9.49. The molecule has 0 saturated heterocycles. The lowest BCUT2D eigenvalue weighted by atomic mass is 9.43. The van der Waals surface area contributed by atoms with Crippen LogP contribution in [0.2, 0.25) is 0 Å². The van der Waals surface area contributed by atoms with E-state index in [1.165, 1.54) is 11.1 Å². The van der Waals surface area contributed by atoms with Crippen LogP contribution in [0.3, 0.4) is 0 Å². The Morgan fingerprint density at radius 2 is 1.18 bits per heavy atom. The summed E-state index contributed by atoms with van der Waals surface area (Å²) in [4.78, 5) is 0. The maximum absolute atomic E-state index is 9.52. The van der Waals surface area contributed by atoms with Crippen LogP contribution < -0.4 is 0 Å². The minimum absolute atomic E-state index is 0.0186. The molecule has 190 valence electrons. The molecule has 0 amide bonds. The van der Waals surface area contributed by atoms with Gasteiger partial charge in [-0.1, -0.05) is 125 Å². The van der Waals surface area contributed by atoms with E-state index in [9.17, 15) is 5.11 Å². The van der Waals surface area contributed by atoms with Crippen molar-refractivity contribution in [3.63, 3.8) is 0 Å². The van der Waals surface area contributed by atoms with Gasteiger partial charge in [0.05, 0.1) is 6.61 Å². The van der Waals surface area contributed by atoms with Gasteiger partial charge in [0, 0.05) is 11.3 Å². The Labute approximate surface area is 215 Å². The largest absolute Gasteiger partial charge is 0.392 e. The summed E-state index contributed by atoms with van der Waals surface area (Å²) in [6.07, 6.45) is 1.08. The number of alkyl halides is 1. The Morgan fingerprint density at radius 3 is 1.56 bits per heavy atom. The molecule has 1 nitrogen and oxygen atoms in total. The topological polar surface area (TPSA) is 20.2 Å². The number of benzene rings is 2. The van der Waals surface area contributed by atoms with E-state index < -0.39 is 0 Å². The van der Waals surface area contributed by atoms with Crippen LogP contribution in [0.1, 0.15) is 111 Å². The van der Waals surface area contributed by atoms with Crippen LogP contribution in [0.25, 0.3) is 0 Å². The summed E-state index contributed by atoms with van der Waals surface area (Å²) in [5, 5.41) is 9.52. The molecule has 0 aliphatic carbocycles. The summed E-state index contributed by atoms with van der Waals surface area (Å²) in [7, 11) is 0. The quantitative estimate of drug-likeness (QED) is 0.370. The molecule has 0 radical (unpaired) electrons. The highest BCUT2D eigenvalue weighted by Gasteiger charge is 2.57. The molecule has 0 aliphatic heterocycles. The zero-order valence-corrected chi connectivity index (χ0v) is 24.4. The normalized spacial score (nSPS) is 16.3. The van der Waals surface area contributed by atoms with E-state index in [2.05, 4.69) is 125 Å². The standard InChI is InChI=1S/C32H49ClO/c1-28(2,3)27(25-16-12-24(22-34)13-17-25)20-30(7,8)31(9,10)32(11,29(4,5)6)26-18-14-23(21-33)15-19-26/h12-19,27,34H,20-22H2,1-11H3. The molecule has 2 unspecified atom stereocenters. The Bertz CT molecular complexity index is 923. The van der Waals surface area contributed by atoms with Crippen molar-refractivity contribution in [2.24, 2.45) is 21.7 Å². The van der Waals surface area contributed by atoms with E-state index in [4.69, 9.17) is 11.6 Å². The molecule has 0 aromatic heterocycles. The minimum atomic E-state index is -0.0719. The fourth-order valence-corrected chi connectivity index (χ4v) is 6.06. The predicted molar refractivity (Wildman–Crippen MR) is 150 cm³/mol. The van der Waals surface area contributed by atoms with Crippen molar-refractivity contribution in [1.82, 2.24) is 0 Å². The van der Waals surface area contributed by atoms with Gasteiger partial charge < -0.3 is 5.11 Å². The van der Waals surface area contributed by atoms with Crippen LogP contribution in [0.5, 0.6) is 0 Å². The highest BCUT2D eigenvalue weighted by molar-refractivity contribution is 6.17. The molecule has 0 fully saturated rings. The fraction of sp³-hybridized carbons (Fsp3) is 0.625. The highest BCUT2D eigenvalue weighted by Crippen LogP contribution is 2.63. The van der Waals surface area contributed by atoms with Gasteiger partial charge in [0.25, 0.3) is 0 Å². The van der Waals surface area contributed by atoms with E-state index in [0.717, 1.165) is 17.5 Å². The van der Waals surface area contributed by atoms with Crippen LogP contribution in [-0.4, -0.2) is 5.11 Å². The van der Waals surface area contributed by atoms with Crippen LogP contribution in [0.4, 0.5) is 0 Å². The number of hydrogen-bond acceptors (Lipinski definition) is 1. The third kappa shape index (κ3) is 5.41. The zero-order valence-electron chi connectivity index (χ0n) is 23.6. The van der Waals surface area contributed by atoms with Crippen molar-refractivity contribution in [1.29, 1.82) is 0 Å². The first-order valence-electron chi connectivity index (χ1n) is 12.8. The minimum Gasteiger partial charge on any atom is -0.392 e. The summed E-state index contributed by atoms with van der Waals surface area (Å²) in [6.45, 7) is 26.6. The lowest BCUT2D eigenvalue weighted by Crippen LogP contribution is -2.56. The van der Waals surface area contributed by atoms with Gasteiger partial charge >= 0.3 is 0 Å². The fourth-order valence-electron chi connectivity index (χ4n) is 5.88. The molecular formula is C32H49ClO. The van der Waals surface area contributed by atoms with Gasteiger partial charge in [0.2, 0.25) is 0 Å². The van der Waals surface area contributed by atoms with Gasteiger partial charge in [-0.05, 0) is 56.3 Å². The second-order valence-electron chi connectivity index (χ2n) is 13.7. The molecule has 0 spiro atoms. The smallest absolute Gasteiger partial charge is 0.0681 e. The molecule has 0 heterocycles. The van der Waals surface area contributed by atoms with Crippen molar-refractivity contribution >= 4 is 11.6 Å². The Hall–Kier alpha value is -1.31. The van der Waals surface area contributed by atoms with Crippen molar-refractivity contribution < 1.29 is 5.11 Å². The number of hydrogen-bond donors (Lipinski definition) is 1. The first-order valence-corrected chi connectivity index (χ1v) is 13.3. The van der Waals surface area contributed by atoms with Crippen molar-refractivity contribution in [2.75, 3.05) is 0 Å². The molecule has 0 bridgehead atoms. The number of aliphatic hydroxyl groups is 1. The second kappa shape index (κ2) is 9.98. The lowest BCUT2D eigenvalue weighted by molar-refractivity contribution is -0.0532. The second-order valence-corrected chi connectivity index (χ2v) is 14.0. The molecule has 0 aliphatic rings. The summed E-state index contributed by atoms with van der Waals surface area (Å²) < 4.78 is 0. The molecule has 2 aromatic rings. The van der Waals surface area contributed by atoms with Gasteiger partial charge in [-0.3, -0.25) is 0 Å². The van der Waals surface area contributed by atoms with E-state index in [0.29, 0.717) is 11.8 Å². The number of aliphatic hydroxyl groups excluding tert-OH is 1. The molecule has 2 aromatic carbocycles. The average molecular weight is 485 g/mol.